The summed E-state index contributed by atoms with van der Waals surface area (Å²) in [6, 6.07) is 4.71. The molecule has 0 saturated carbocycles. The molecule has 28 heavy (non-hydrogen) atoms. The second-order valence-electron chi connectivity index (χ2n) is 6.54. The van der Waals surface area contributed by atoms with Gasteiger partial charge < -0.3 is 19.3 Å². The number of benzene rings is 1. The molecular weight excluding hydrogens is 407 g/mol. The van der Waals surface area contributed by atoms with Crippen molar-refractivity contribution in [2.45, 2.75) is 19.8 Å². The Morgan fingerprint density at radius 1 is 1.29 bits per heavy atom. The number of hydrogen-bond donors (Lipinski definition) is 0. The van der Waals surface area contributed by atoms with Gasteiger partial charge in [-0.15, -0.1) is 0 Å². The summed E-state index contributed by atoms with van der Waals surface area (Å²) in [4.78, 5) is 39.6. The average Bonchev–Trinajstić information content (AvgIpc) is 2.68. The molecule has 7 nitrogen and oxygen atoms in total. The van der Waals surface area contributed by atoms with Crippen molar-refractivity contribution in [1.82, 2.24) is 9.80 Å². The molecule has 1 aromatic carbocycles. The molecular formula is C19H24Cl2N2O5. The Balaban J connectivity index is 1.84. The van der Waals surface area contributed by atoms with E-state index in [1.165, 1.54) is 18.0 Å². The Morgan fingerprint density at radius 3 is 2.75 bits per heavy atom. The monoisotopic (exact) mass is 430 g/mol. The van der Waals surface area contributed by atoms with E-state index in [0.717, 1.165) is 6.42 Å². The van der Waals surface area contributed by atoms with Gasteiger partial charge in [0.2, 0.25) is 5.91 Å². The van der Waals surface area contributed by atoms with Gasteiger partial charge in [0.1, 0.15) is 5.75 Å². The molecule has 0 radical (unpaired) electrons. The molecule has 0 N–H and O–H groups in total. The van der Waals surface area contributed by atoms with Gasteiger partial charge in [0.05, 0.1) is 24.1 Å². The fourth-order valence-corrected chi connectivity index (χ4v) is 3.22. The summed E-state index contributed by atoms with van der Waals surface area (Å²) in [7, 11) is 1.52. The maximum atomic E-state index is 12.5. The van der Waals surface area contributed by atoms with Crippen LogP contribution < -0.4 is 4.74 Å². The highest BCUT2D eigenvalue weighted by Crippen LogP contribution is 2.27. The van der Waals surface area contributed by atoms with Gasteiger partial charge in [0.15, 0.2) is 6.61 Å². The molecule has 1 heterocycles. The van der Waals surface area contributed by atoms with Gasteiger partial charge in [-0.05, 0) is 31.9 Å². The maximum Gasteiger partial charge on any atom is 0.310 e. The van der Waals surface area contributed by atoms with Crippen molar-refractivity contribution in [2.24, 2.45) is 5.92 Å². The Labute approximate surface area is 174 Å². The molecule has 2 amide bonds. The van der Waals surface area contributed by atoms with Gasteiger partial charge in [0, 0.05) is 31.2 Å². The largest absolute Gasteiger partial charge is 0.482 e. The minimum Gasteiger partial charge on any atom is -0.482 e. The summed E-state index contributed by atoms with van der Waals surface area (Å²) in [5, 5.41) is 0.783. The number of likely N-dealkylation sites (tertiary alicyclic amines) is 1. The van der Waals surface area contributed by atoms with Crippen molar-refractivity contribution in [3.05, 3.63) is 28.2 Å². The predicted molar refractivity (Wildman–Crippen MR) is 106 cm³/mol. The number of carbonyl (C=O) groups excluding carboxylic acids is 3. The molecule has 2 rings (SSSR count). The number of piperidine rings is 1. The molecule has 1 atom stereocenters. The normalized spacial score (nSPS) is 16.4. The Bertz CT molecular complexity index is 728. The van der Waals surface area contributed by atoms with Crippen molar-refractivity contribution in [1.29, 1.82) is 0 Å². The zero-order valence-electron chi connectivity index (χ0n) is 16.0. The van der Waals surface area contributed by atoms with E-state index in [-0.39, 0.29) is 36.9 Å². The fourth-order valence-electron chi connectivity index (χ4n) is 2.88. The van der Waals surface area contributed by atoms with Crippen molar-refractivity contribution >= 4 is 41.0 Å². The molecule has 1 fully saturated rings. The Hall–Kier alpha value is -1.99. The summed E-state index contributed by atoms with van der Waals surface area (Å²) >= 11 is 11.9. The number of ether oxygens (including phenoxy) is 2. The molecule has 0 bridgehead atoms. The average molecular weight is 431 g/mol. The van der Waals surface area contributed by atoms with Crippen LogP contribution in [0.3, 0.4) is 0 Å². The van der Waals surface area contributed by atoms with Crippen LogP contribution in [-0.4, -0.2) is 67.5 Å². The van der Waals surface area contributed by atoms with Crippen LogP contribution in [0.25, 0.3) is 0 Å². The van der Waals surface area contributed by atoms with Crippen molar-refractivity contribution in [2.75, 3.05) is 39.9 Å². The molecule has 154 valence electrons. The number of halogens is 2. The Morgan fingerprint density at radius 2 is 2.04 bits per heavy atom. The quantitative estimate of drug-likeness (QED) is 0.621. The standard InChI is InChI=1S/C19H24Cl2N2O5/c1-3-27-19(26)13-5-4-8-23(10-13)17(24)11-22(2)18(25)12-28-16-9-14(20)6-7-15(16)21/h6-7,9,13H,3-5,8,10-12H2,1-2H3. The lowest BCUT2D eigenvalue weighted by atomic mass is 9.98. The van der Waals surface area contributed by atoms with Crippen molar-refractivity contribution in [3.8, 4) is 5.75 Å². The van der Waals surface area contributed by atoms with E-state index < -0.39 is 0 Å². The zero-order valence-corrected chi connectivity index (χ0v) is 17.5. The number of esters is 1. The highest BCUT2D eigenvalue weighted by Gasteiger charge is 2.30. The van der Waals surface area contributed by atoms with Crippen LogP contribution >= 0.6 is 23.2 Å². The van der Waals surface area contributed by atoms with Gasteiger partial charge in [-0.1, -0.05) is 23.2 Å². The first-order valence-corrected chi connectivity index (χ1v) is 9.83. The van der Waals surface area contributed by atoms with Crippen LogP contribution in [0.1, 0.15) is 19.8 Å². The molecule has 0 spiro atoms. The molecule has 0 aliphatic carbocycles. The summed E-state index contributed by atoms with van der Waals surface area (Å²) in [6.45, 7) is 2.58. The Kier molecular flexibility index (Phi) is 8.38. The van der Waals surface area contributed by atoms with Crippen LogP contribution in [-0.2, 0) is 19.1 Å². The topological polar surface area (TPSA) is 76.2 Å². The number of hydrogen-bond acceptors (Lipinski definition) is 5. The minimum absolute atomic E-state index is 0.0962. The van der Waals surface area contributed by atoms with Crippen LogP contribution in [0, 0.1) is 5.92 Å². The van der Waals surface area contributed by atoms with E-state index in [2.05, 4.69) is 0 Å². The highest BCUT2D eigenvalue weighted by molar-refractivity contribution is 6.34. The van der Waals surface area contributed by atoms with E-state index in [9.17, 15) is 14.4 Å². The highest BCUT2D eigenvalue weighted by atomic mass is 35.5. The second-order valence-corrected chi connectivity index (χ2v) is 7.39. The lowest BCUT2D eigenvalue weighted by molar-refractivity contribution is -0.152. The van der Waals surface area contributed by atoms with Crippen LogP contribution in [0.4, 0.5) is 0 Å². The fraction of sp³-hybridized carbons (Fsp3) is 0.526. The predicted octanol–water partition coefficient (Wildman–Crippen LogP) is 2.63. The summed E-state index contributed by atoms with van der Waals surface area (Å²) in [6.07, 6.45) is 1.43. The van der Waals surface area contributed by atoms with Gasteiger partial charge in [0.25, 0.3) is 5.91 Å². The number of carbonyl (C=O) groups is 3. The second kappa shape index (κ2) is 10.5. The summed E-state index contributed by atoms with van der Waals surface area (Å²) < 4.78 is 10.5. The van der Waals surface area contributed by atoms with Crippen LogP contribution in [0.15, 0.2) is 18.2 Å². The molecule has 0 aromatic heterocycles. The molecule has 1 unspecified atom stereocenters. The third-order valence-electron chi connectivity index (χ3n) is 4.44. The first kappa shape index (κ1) is 22.3. The first-order valence-electron chi connectivity index (χ1n) is 9.08. The zero-order chi connectivity index (χ0) is 20.7. The number of likely N-dealkylation sites (N-methyl/N-ethyl adjacent to an activating group) is 1. The van der Waals surface area contributed by atoms with Crippen LogP contribution in [0.5, 0.6) is 5.75 Å². The van der Waals surface area contributed by atoms with Gasteiger partial charge in [-0.3, -0.25) is 14.4 Å². The van der Waals surface area contributed by atoms with E-state index in [0.29, 0.717) is 41.9 Å². The molecule has 9 heteroatoms. The van der Waals surface area contributed by atoms with Crippen molar-refractivity contribution < 1.29 is 23.9 Å². The lowest BCUT2D eigenvalue weighted by Crippen LogP contribution is -2.47. The molecule has 1 aliphatic heterocycles. The number of nitrogens with zero attached hydrogens (tertiary/aromatic N) is 2. The molecule has 1 saturated heterocycles. The van der Waals surface area contributed by atoms with Crippen LogP contribution in [0.2, 0.25) is 10.0 Å². The first-order chi connectivity index (χ1) is 13.3. The van der Waals surface area contributed by atoms with E-state index in [1.54, 1.807) is 24.0 Å². The summed E-state index contributed by atoms with van der Waals surface area (Å²) in [5.74, 6) is -0.882. The maximum absolute atomic E-state index is 12.5. The lowest BCUT2D eigenvalue weighted by Gasteiger charge is -2.32. The molecule has 1 aromatic rings. The van der Waals surface area contributed by atoms with E-state index in [4.69, 9.17) is 32.7 Å². The number of amides is 2. The van der Waals surface area contributed by atoms with Gasteiger partial charge in [-0.2, -0.15) is 0 Å². The van der Waals surface area contributed by atoms with Gasteiger partial charge in [-0.25, -0.2) is 0 Å². The minimum atomic E-state index is -0.372. The van der Waals surface area contributed by atoms with E-state index >= 15 is 0 Å². The third-order valence-corrected chi connectivity index (χ3v) is 4.98. The molecule has 1 aliphatic rings. The SMILES string of the molecule is CCOC(=O)C1CCCN(C(=O)CN(C)C(=O)COc2cc(Cl)ccc2Cl)C1. The van der Waals surface area contributed by atoms with E-state index in [1.807, 2.05) is 0 Å². The summed E-state index contributed by atoms with van der Waals surface area (Å²) in [5.41, 5.74) is 0. The number of rotatable bonds is 7. The third kappa shape index (κ3) is 6.27. The van der Waals surface area contributed by atoms with Crippen molar-refractivity contribution in [3.63, 3.8) is 0 Å². The smallest absolute Gasteiger partial charge is 0.310 e. The van der Waals surface area contributed by atoms with Gasteiger partial charge >= 0.3 is 5.97 Å².